The lowest BCUT2D eigenvalue weighted by atomic mass is 10.1. The van der Waals surface area contributed by atoms with Crippen molar-refractivity contribution in [3.05, 3.63) is 29.3 Å². The van der Waals surface area contributed by atoms with Crippen LogP contribution in [0.25, 0.3) is 0 Å². The van der Waals surface area contributed by atoms with E-state index in [-0.39, 0.29) is 16.2 Å². The Labute approximate surface area is 131 Å². The van der Waals surface area contributed by atoms with Crippen LogP contribution in [0.2, 0.25) is 0 Å². The maximum absolute atomic E-state index is 12.3. The van der Waals surface area contributed by atoms with Crippen molar-refractivity contribution in [3.63, 3.8) is 0 Å². The van der Waals surface area contributed by atoms with Gasteiger partial charge in [-0.15, -0.1) is 0 Å². The van der Waals surface area contributed by atoms with Crippen molar-refractivity contribution in [3.8, 4) is 11.8 Å². The normalized spacial score (nSPS) is 11.9. The molecule has 0 unspecified atom stereocenters. The summed E-state index contributed by atoms with van der Waals surface area (Å²) in [5, 5.41) is 8.69. The highest BCUT2D eigenvalue weighted by Gasteiger charge is 2.21. The van der Waals surface area contributed by atoms with Gasteiger partial charge >= 0.3 is 0 Å². The van der Waals surface area contributed by atoms with Gasteiger partial charge in [-0.05, 0) is 50.8 Å². The Hall–Kier alpha value is -1.00. The summed E-state index contributed by atoms with van der Waals surface area (Å²) in [6.07, 6.45) is 1.95. The van der Waals surface area contributed by atoms with Crippen molar-refractivity contribution in [2.24, 2.45) is 0 Å². The molecule has 0 fully saturated rings. The molecule has 0 radical (unpaired) electrons. The average Bonchev–Trinajstić information content (AvgIpc) is 2.44. The molecule has 0 saturated heterocycles. The highest BCUT2D eigenvalue weighted by molar-refractivity contribution is 8.00. The van der Waals surface area contributed by atoms with Gasteiger partial charge in [0.15, 0.2) is 0 Å². The first-order valence-electron chi connectivity index (χ1n) is 6.47. The molecule has 0 aliphatic carbocycles. The number of sulfonamides is 1. The minimum Gasteiger partial charge on any atom is -0.384 e. The molecule has 1 aromatic carbocycles. The number of hydrogen-bond donors (Lipinski definition) is 2. The summed E-state index contributed by atoms with van der Waals surface area (Å²) < 4.78 is 27.0. The minimum atomic E-state index is -3.52. The van der Waals surface area contributed by atoms with Crippen LogP contribution in [0.1, 0.15) is 25.0 Å². The average molecular weight is 327 g/mol. The smallest absolute Gasteiger partial charge is 0.240 e. The van der Waals surface area contributed by atoms with E-state index in [0.29, 0.717) is 12.1 Å². The third kappa shape index (κ3) is 5.36. The molecule has 21 heavy (non-hydrogen) atoms. The fraction of sp³-hybridized carbons (Fsp3) is 0.467. The predicted molar refractivity (Wildman–Crippen MR) is 87.9 cm³/mol. The van der Waals surface area contributed by atoms with E-state index in [0.717, 1.165) is 5.56 Å². The fourth-order valence-electron chi connectivity index (χ4n) is 1.50. The molecule has 6 heteroatoms. The van der Waals surface area contributed by atoms with Crippen molar-refractivity contribution >= 4 is 21.8 Å². The zero-order valence-electron chi connectivity index (χ0n) is 12.7. The van der Waals surface area contributed by atoms with E-state index < -0.39 is 10.0 Å². The SMILES string of the molecule is CSC(C)(C)CNS(=O)(=O)c1ccc(C#CCO)c(C)c1. The molecule has 1 aromatic rings. The molecule has 0 amide bonds. The lowest BCUT2D eigenvalue weighted by molar-refractivity contribution is 0.350. The molecule has 0 saturated carbocycles. The summed E-state index contributed by atoms with van der Waals surface area (Å²) >= 11 is 1.61. The van der Waals surface area contributed by atoms with Crippen molar-refractivity contribution in [1.29, 1.82) is 0 Å². The summed E-state index contributed by atoms with van der Waals surface area (Å²) in [7, 11) is -3.52. The number of nitrogens with one attached hydrogen (secondary N) is 1. The second-order valence-corrected chi connectivity index (χ2v) is 8.51. The van der Waals surface area contributed by atoms with E-state index in [2.05, 4.69) is 16.6 Å². The number of aliphatic hydroxyl groups excluding tert-OH is 1. The molecule has 4 nitrogen and oxygen atoms in total. The Morgan fingerprint density at radius 2 is 2.05 bits per heavy atom. The highest BCUT2D eigenvalue weighted by Crippen LogP contribution is 2.21. The van der Waals surface area contributed by atoms with Gasteiger partial charge in [0.1, 0.15) is 6.61 Å². The Bertz CT molecular complexity index is 655. The molecule has 0 atom stereocenters. The quantitative estimate of drug-likeness (QED) is 0.809. The van der Waals surface area contributed by atoms with Crippen molar-refractivity contribution < 1.29 is 13.5 Å². The lowest BCUT2D eigenvalue weighted by Crippen LogP contribution is -2.36. The Morgan fingerprint density at radius 1 is 1.38 bits per heavy atom. The van der Waals surface area contributed by atoms with Gasteiger partial charge in [-0.25, -0.2) is 13.1 Å². The van der Waals surface area contributed by atoms with Gasteiger partial charge in [0.05, 0.1) is 4.90 Å². The minimum absolute atomic E-state index is 0.158. The maximum atomic E-state index is 12.3. The van der Waals surface area contributed by atoms with Gasteiger partial charge < -0.3 is 5.11 Å². The predicted octanol–water partition coefficient (Wildman–Crippen LogP) is 1.76. The standard InChI is InChI=1S/C15H21NO3S2/c1-12-10-14(8-7-13(12)6-5-9-17)21(18,19)16-11-15(2,3)20-4/h7-8,10,16-17H,9,11H2,1-4H3. The maximum Gasteiger partial charge on any atom is 0.240 e. The number of thioether (sulfide) groups is 1. The zero-order chi connectivity index (χ0) is 16.1. The van der Waals surface area contributed by atoms with E-state index in [4.69, 9.17) is 5.11 Å². The van der Waals surface area contributed by atoms with Crippen LogP contribution in [0.5, 0.6) is 0 Å². The summed E-state index contributed by atoms with van der Waals surface area (Å²) in [6.45, 7) is 5.91. The van der Waals surface area contributed by atoms with Crippen LogP contribution in [0.15, 0.2) is 23.1 Å². The van der Waals surface area contributed by atoms with Crippen LogP contribution in [0.3, 0.4) is 0 Å². The van der Waals surface area contributed by atoms with E-state index in [1.807, 2.05) is 20.1 Å². The summed E-state index contributed by atoms with van der Waals surface area (Å²) in [6, 6.07) is 4.78. The lowest BCUT2D eigenvalue weighted by Gasteiger charge is -2.22. The van der Waals surface area contributed by atoms with Gasteiger partial charge in [0.2, 0.25) is 10.0 Å². The van der Waals surface area contributed by atoms with Gasteiger partial charge in [-0.1, -0.05) is 11.8 Å². The molecular formula is C15H21NO3S2. The third-order valence-corrected chi connectivity index (χ3v) is 5.70. The second kappa shape index (κ2) is 7.32. The number of benzene rings is 1. The molecule has 116 valence electrons. The third-order valence-electron chi connectivity index (χ3n) is 3.05. The fourth-order valence-corrected chi connectivity index (χ4v) is 3.11. The van der Waals surface area contributed by atoms with Crippen molar-refractivity contribution in [2.75, 3.05) is 19.4 Å². The van der Waals surface area contributed by atoms with E-state index in [9.17, 15) is 8.42 Å². The molecule has 0 aliphatic heterocycles. The van der Waals surface area contributed by atoms with Crippen LogP contribution < -0.4 is 4.72 Å². The highest BCUT2D eigenvalue weighted by atomic mass is 32.2. The first-order valence-corrected chi connectivity index (χ1v) is 9.18. The molecule has 0 spiro atoms. The topological polar surface area (TPSA) is 66.4 Å². The van der Waals surface area contributed by atoms with Gasteiger partial charge in [-0.2, -0.15) is 11.8 Å². The first-order chi connectivity index (χ1) is 9.72. The van der Waals surface area contributed by atoms with Crippen molar-refractivity contribution in [1.82, 2.24) is 4.72 Å². The Balaban J connectivity index is 2.97. The largest absolute Gasteiger partial charge is 0.384 e. The van der Waals surface area contributed by atoms with E-state index in [1.54, 1.807) is 30.8 Å². The molecule has 2 N–H and O–H groups in total. The van der Waals surface area contributed by atoms with Crippen LogP contribution in [0, 0.1) is 18.8 Å². The van der Waals surface area contributed by atoms with E-state index in [1.165, 1.54) is 6.07 Å². The van der Waals surface area contributed by atoms with Crippen LogP contribution >= 0.6 is 11.8 Å². The molecule has 0 aliphatic rings. The Kier molecular flexibility index (Phi) is 6.29. The number of aryl methyl sites for hydroxylation is 1. The summed E-state index contributed by atoms with van der Waals surface area (Å²) in [4.78, 5) is 0.228. The molecule has 1 rings (SSSR count). The van der Waals surface area contributed by atoms with Gasteiger partial charge in [0.25, 0.3) is 0 Å². The summed E-state index contributed by atoms with van der Waals surface area (Å²) in [5.41, 5.74) is 1.48. The summed E-state index contributed by atoms with van der Waals surface area (Å²) in [5.74, 6) is 5.34. The van der Waals surface area contributed by atoms with Crippen molar-refractivity contribution in [2.45, 2.75) is 30.4 Å². The number of rotatable bonds is 5. The zero-order valence-corrected chi connectivity index (χ0v) is 14.4. The van der Waals surface area contributed by atoms with Crippen LogP contribution in [-0.4, -0.2) is 37.7 Å². The monoisotopic (exact) mass is 327 g/mol. The molecule has 0 heterocycles. The van der Waals surface area contributed by atoms with E-state index >= 15 is 0 Å². The van der Waals surface area contributed by atoms with Gasteiger partial charge in [-0.3, -0.25) is 0 Å². The Morgan fingerprint density at radius 3 is 2.57 bits per heavy atom. The molecule has 0 aromatic heterocycles. The van der Waals surface area contributed by atoms with Crippen LogP contribution in [-0.2, 0) is 10.0 Å². The number of aliphatic hydroxyl groups is 1. The number of hydrogen-bond acceptors (Lipinski definition) is 4. The first kappa shape index (κ1) is 18.1. The second-order valence-electron chi connectivity index (χ2n) is 5.22. The van der Waals surface area contributed by atoms with Gasteiger partial charge in [0, 0.05) is 16.9 Å². The molecule has 0 bridgehead atoms. The molecular weight excluding hydrogens is 306 g/mol. The van der Waals surface area contributed by atoms with Crippen LogP contribution in [0.4, 0.5) is 0 Å².